The zero-order valence-corrected chi connectivity index (χ0v) is 9.09. The molecule has 1 saturated carbocycles. The van der Waals surface area contributed by atoms with Crippen LogP contribution in [0, 0.1) is 11.2 Å². The molecule has 0 saturated heterocycles. The second kappa shape index (κ2) is 4.17. The zero-order valence-electron chi connectivity index (χ0n) is 9.09. The van der Waals surface area contributed by atoms with Crippen LogP contribution in [0.25, 0.3) is 0 Å². The third kappa shape index (κ3) is 2.11. The normalized spacial score (nSPS) is 18.3. The van der Waals surface area contributed by atoms with Gasteiger partial charge in [-0.3, -0.25) is 0 Å². The number of aromatic nitrogens is 1. The van der Waals surface area contributed by atoms with Gasteiger partial charge in [-0.05, 0) is 36.8 Å². The summed E-state index contributed by atoms with van der Waals surface area (Å²) in [7, 11) is 0. The van der Waals surface area contributed by atoms with Gasteiger partial charge in [-0.2, -0.15) is 0 Å². The number of hydrogen-bond donors (Lipinski definition) is 1. The summed E-state index contributed by atoms with van der Waals surface area (Å²) in [5.74, 6) is 0.125. The molecule has 0 aliphatic heterocycles. The first kappa shape index (κ1) is 10.4. The SMILES string of the molecule is CCC1(CNc2ncccc2F)CCC1. The molecule has 82 valence electrons. The molecule has 0 aromatic carbocycles. The van der Waals surface area contributed by atoms with Crippen LogP contribution in [0.1, 0.15) is 32.6 Å². The molecular formula is C12H17FN2. The van der Waals surface area contributed by atoms with E-state index < -0.39 is 0 Å². The first-order valence-electron chi connectivity index (χ1n) is 5.60. The second-order valence-electron chi connectivity index (χ2n) is 4.39. The molecule has 15 heavy (non-hydrogen) atoms. The van der Waals surface area contributed by atoms with E-state index in [1.54, 1.807) is 12.3 Å². The van der Waals surface area contributed by atoms with Crippen LogP contribution in [0.4, 0.5) is 10.2 Å². The molecule has 0 atom stereocenters. The Morgan fingerprint density at radius 3 is 2.87 bits per heavy atom. The molecule has 1 heterocycles. The highest BCUT2D eigenvalue weighted by Crippen LogP contribution is 2.43. The fraction of sp³-hybridized carbons (Fsp3) is 0.583. The smallest absolute Gasteiger partial charge is 0.165 e. The van der Waals surface area contributed by atoms with Crippen molar-refractivity contribution >= 4 is 5.82 Å². The Hall–Kier alpha value is -1.12. The summed E-state index contributed by atoms with van der Waals surface area (Å²) in [5, 5.41) is 3.12. The van der Waals surface area contributed by atoms with E-state index in [1.165, 1.54) is 25.3 Å². The number of rotatable bonds is 4. The van der Waals surface area contributed by atoms with Gasteiger partial charge in [0.1, 0.15) is 0 Å². The Morgan fingerprint density at radius 2 is 2.33 bits per heavy atom. The van der Waals surface area contributed by atoms with Crippen LogP contribution in [0.5, 0.6) is 0 Å². The number of halogens is 1. The van der Waals surface area contributed by atoms with E-state index in [4.69, 9.17) is 0 Å². The second-order valence-corrected chi connectivity index (χ2v) is 4.39. The molecule has 0 amide bonds. The van der Waals surface area contributed by atoms with Gasteiger partial charge >= 0.3 is 0 Å². The molecule has 1 aromatic heterocycles. The molecular weight excluding hydrogens is 191 g/mol. The Morgan fingerprint density at radius 1 is 1.53 bits per heavy atom. The third-order valence-corrected chi connectivity index (χ3v) is 3.55. The lowest BCUT2D eigenvalue weighted by Crippen LogP contribution is -2.36. The number of anilines is 1. The summed E-state index contributed by atoms with van der Waals surface area (Å²) < 4.78 is 13.3. The highest BCUT2D eigenvalue weighted by molar-refractivity contribution is 5.35. The van der Waals surface area contributed by atoms with Crippen molar-refractivity contribution < 1.29 is 4.39 Å². The van der Waals surface area contributed by atoms with Gasteiger partial charge in [-0.15, -0.1) is 0 Å². The maximum Gasteiger partial charge on any atom is 0.165 e. The van der Waals surface area contributed by atoms with Gasteiger partial charge in [-0.1, -0.05) is 13.3 Å². The number of nitrogens with zero attached hydrogens (tertiary/aromatic N) is 1. The average molecular weight is 208 g/mol. The molecule has 1 aliphatic rings. The van der Waals surface area contributed by atoms with Crippen molar-refractivity contribution in [2.45, 2.75) is 32.6 Å². The molecule has 0 bridgehead atoms. The van der Waals surface area contributed by atoms with Crippen LogP contribution >= 0.6 is 0 Å². The third-order valence-electron chi connectivity index (χ3n) is 3.55. The van der Waals surface area contributed by atoms with Crippen molar-refractivity contribution in [3.8, 4) is 0 Å². The topological polar surface area (TPSA) is 24.9 Å². The first-order valence-corrected chi connectivity index (χ1v) is 5.60. The molecule has 2 rings (SSSR count). The highest BCUT2D eigenvalue weighted by atomic mass is 19.1. The van der Waals surface area contributed by atoms with Crippen molar-refractivity contribution in [3.63, 3.8) is 0 Å². The van der Waals surface area contributed by atoms with Gasteiger partial charge < -0.3 is 5.32 Å². The fourth-order valence-corrected chi connectivity index (χ4v) is 2.12. The zero-order chi connectivity index (χ0) is 10.7. The molecule has 0 spiro atoms. The minimum Gasteiger partial charge on any atom is -0.367 e. The predicted octanol–water partition coefficient (Wildman–Crippen LogP) is 3.21. The van der Waals surface area contributed by atoms with E-state index in [0.717, 1.165) is 13.0 Å². The standard InChI is InChI=1S/C12H17FN2/c1-2-12(6-4-7-12)9-15-11-10(13)5-3-8-14-11/h3,5,8H,2,4,6-7,9H2,1H3,(H,14,15). The summed E-state index contributed by atoms with van der Waals surface area (Å²) >= 11 is 0. The molecule has 3 heteroatoms. The lowest BCUT2D eigenvalue weighted by molar-refractivity contribution is 0.144. The minimum atomic E-state index is -0.261. The van der Waals surface area contributed by atoms with Gasteiger partial charge in [0, 0.05) is 12.7 Å². The van der Waals surface area contributed by atoms with E-state index in [9.17, 15) is 4.39 Å². The number of hydrogen-bond acceptors (Lipinski definition) is 2. The summed E-state index contributed by atoms with van der Waals surface area (Å²) in [5.41, 5.74) is 0.393. The molecule has 0 unspecified atom stereocenters. The predicted molar refractivity (Wildman–Crippen MR) is 59.3 cm³/mol. The lowest BCUT2D eigenvalue weighted by atomic mass is 9.67. The highest BCUT2D eigenvalue weighted by Gasteiger charge is 2.34. The van der Waals surface area contributed by atoms with E-state index in [-0.39, 0.29) is 5.82 Å². The summed E-state index contributed by atoms with van der Waals surface area (Å²) in [6.07, 6.45) is 6.59. The minimum absolute atomic E-state index is 0.261. The Kier molecular flexibility index (Phi) is 2.89. The Balaban J connectivity index is 1.95. The van der Waals surface area contributed by atoms with E-state index in [1.807, 2.05) is 0 Å². The molecule has 1 fully saturated rings. The monoisotopic (exact) mass is 208 g/mol. The van der Waals surface area contributed by atoms with Crippen molar-refractivity contribution in [3.05, 3.63) is 24.1 Å². The van der Waals surface area contributed by atoms with Crippen LogP contribution in [0.15, 0.2) is 18.3 Å². The molecule has 0 radical (unpaired) electrons. The van der Waals surface area contributed by atoms with Crippen LogP contribution in [-0.2, 0) is 0 Å². The molecule has 1 aliphatic carbocycles. The fourth-order valence-electron chi connectivity index (χ4n) is 2.12. The average Bonchev–Trinajstić information content (AvgIpc) is 2.19. The van der Waals surface area contributed by atoms with Gasteiger partial charge in [0.05, 0.1) is 0 Å². The Bertz CT molecular complexity index is 329. The van der Waals surface area contributed by atoms with Crippen molar-refractivity contribution in [1.29, 1.82) is 0 Å². The lowest BCUT2D eigenvalue weighted by Gasteiger charge is -2.41. The molecule has 2 nitrogen and oxygen atoms in total. The van der Waals surface area contributed by atoms with Crippen molar-refractivity contribution in [1.82, 2.24) is 4.98 Å². The van der Waals surface area contributed by atoms with E-state index in [0.29, 0.717) is 11.2 Å². The number of pyridine rings is 1. The number of nitrogens with one attached hydrogen (secondary N) is 1. The van der Waals surface area contributed by atoms with Crippen LogP contribution in [0.3, 0.4) is 0 Å². The first-order chi connectivity index (χ1) is 7.26. The van der Waals surface area contributed by atoms with Crippen molar-refractivity contribution in [2.24, 2.45) is 5.41 Å². The molecule has 1 N–H and O–H groups in total. The van der Waals surface area contributed by atoms with Gasteiger partial charge in [0.2, 0.25) is 0 Å². The maximum absolute atomic E-state index is 13.3. The van der Waals surface area contributed by atoms with E-state index >= 15 is 0 Å². The van der Waals surface area contributed by atoms with Crippen LogP contribution in [0.2, 0.25) is 0 Å². The summed E-state index contributed by atoms with van der Waals surface area (Å²) in [6, 6.07) is 3.05. The molecule has 1 aromatic rings. The summed E-state index contributed by atoms with van der Waals surface area (Å²) in [4.78, 5) is 3.99. The largest absolute Gasteiger partial charge is 0.367 e. The van der Waals surface area contributed by atoms with Crippen LogP contribution in [-0.4, -0.2) is 11.5 Å². The van der Waals surface area contributed by atoms with Crippen molar-refractivity contribution in [2.75, 3.05) is 11.9 Å². The quantitative estimate of drug-likeness (QED) is 0.821. The summed E-state index contributed by atoms with van der Waals surface area (Å²) in [6.45, 7) is 3.05. The van der Waals surface area contributed by atoms with Gasteiger partial charge in [0.25, 0.3) is 0 Å². The van der Waals surface area contributed by atoms with Gasteiger partial charge in [-0.25, -0.2) is 9.37 Å². The van der Waals surface area contributed by atoms with E-state index in [2.05, 4.69) is 17.2 Å². The Labute approximate surface area is 89.9 Å². The maximum atomic E-state index is 13.3. The van der Waals surface area contributed by atoms with Gasteiger partial charge in [0.15, 0.2) is 11.6 Å². The van der Waals surface area contributed by atoms with Crippen LogP contribution < -0.4 is 5.32 Å².